The summed E-state index contributed by atoms with van der Waals surface area (Å²) >= 11 is 0. The van der Waals surface area contributed by atoms with Crippen molar-refractivity contribution in [1.82, 2.24) is 10.5 Å². The van der Waals surface area contributed by atoms with Gasteiger partial charge in [0, 0.05) is 18.7 Å². The van der Waals surface area contributed by atoms with Crippen LogP contribution in [0.2, 0.25) is 0 Å². The molecule has 0 aliphatic heterocycles. The van der Waals surface area contributed by atoms with Gasteiger partial charge < -0.3 is 19.3 Å². The molecule has 29 heavy (non-hydrogen) atoms. The van der Waals surface area contributed by atoms with E-state index in [0.717, 1.165) is 28.1 Å². The summed E-state index contributed by atoms with van der Waals surface area (Å²) < 4.78 is 16.3. The fraction of sp³-hybridized carbons (Fsp3) is 0.304. The highest BCUT2D eigenvalue weighted by Crippen LogP contribution is 2.18. The van der Waals surface area contributed by atoms with Crippen LogP contribution in [0.4, 0.5) is 0 Å². The Morgan fingerprint density at radius 2 is 1.69 bits per heavy atom. The first kappa shape index (κ1) is 20.6. The number of aryl methyl sites for hydroxylation is 2. The molecule has 0 atom stereocenters. The summed E-state index contributed by atoms with van der Waals surface area (Å²) in [5.41, 5.74) is 4.51. The van der Waals surface area contributed by atoms with Gasteiger partial charge in [0.15, 0.2) is 0 Å². The lowest BCUT2D eigenvalue weighted by molar-refractivity contribution is 0.0951. The summed E-state index contributed by atoms with van der Waals surface area (Å²) in [6, 6.07) is 15.1. The molecule has 1 amide bonds. The van der Waals surface area contributed by atoms with Gasteiger partial charge in [0.2, 0.25) is 0 Å². The summed E-state index contributed by atoms with van der Waals surface area (Å²) in [4.78, 5) is 12.4. The summed E-state index contributed by atoms with van der Waals surface area (Å²) in [5.74, 6) is 1.32. The first-order valence-corrected chi connectivity index (χ1v) is 9.65. The lowest BCUT2D eigenvalue weighted by Gasteiger charge is -2.09. The molecule has 0 aliphatic carbocycles. The number of amides is 1. The van der Waals surface area contributed by atoms with Crippen LogP contribution in [0.3, 0.4) is 0 Å². The number of nitrogens with one attached hydrogen (secondary N) is 1. The third kappa shape index (κ3) is 5.68. The lowest BCUT2D eigenvalue weighted by Crippen LogP contribution is -2.22. The van der Waals surface area contributed by atoms with Crippen molar-refractivity contribution in [2.24, 2.45) is 0 Å². The topological polar surface area (TPSA) is 73.6 Å². The Kier molecular flexibility index (Phi) is 7.03. The molecule has 3 aromatic rings. The van der Waals surface area contributed by atoms with Crippen molar-refractivity contribution < 1.29 is 18.8 Å². The quantitative estimate of drug-likeness (QED) is 0.584. The smallest absolute Gasteiger partial charge is 0.251 e. The molecular weight excluding hydrogens is 368 g/mol. The zero-order valence-electron chi connectivity index (χ0n) is 17.0. The van der Waals surface area contributed by atoms with Gasteiger partial charge >= 0.3 is 0 Å². The minimum absolute atomic E-state index is 0.124. The highest BCUT2D eigenvalue weighted by Gasteiger charge is 2.10. The van der Waals surface area contributed by atoms with Gasteiger partial charge in [0.05, 0.1) is 17.9 Å². The largest absolute Gasteiger partial charge is 0.489 e. The average molecular weight is 394 g/mol. The lowest BCUT2D eigenvalue weighted by atomic mass is 10.1. The van der Waals surface area contributed by atoms with Crippen LogP contribution in [-0.2, 0) is 24.5 Å². The van der Waals surface area contributed by atoms with Crippen LogP contribution in [0.25, 0.3) is 0 Å². The number of carbonyl (C=O) groups excluding carboxylic acids is 1. The van der Waals surface area contributed by atoms with Crippen molar-refractivity contribution in [1.29, 1.82) is 0 Å². The Labute approximate surface area is 170 Å². The van der Waals surface area contributed by atoms with Gasteiger partial charge in [-0.2, -0.15) is 0 Å². The second kappa shape index (κ2) is 9.89. The van der Waals surface area contributed by atoms with Crippen LogP contribution < -0.4 is 10.1 Å². The molecular formula is C23H26N2O4. The Balaban J connectivity index is 1.49. The number of aromatic nitrogens is 1. The van der Waals surface area contributed by atoms with Gasteiger partial charge in [-0.3, -0.25) is 4.79 Å². The van der Waals surface area contributed by atoms with E-state index in [1.54, 1.807) is 24.3 Å². The summed E-state index contributed by atoms with van der Waals surface area (Å²) in [5, 5.41) is 6.85. The first-order chi connectivity index (χ1) is 14.1. The van der Waals surface area contributed by atoms with E-state index in [2.05, 4.69) is 10.5 Å². The van der Waals surface area contributed by atoms with Crippen molar-refractivity contribution >= 4 is 5.91 Å². The van der Waals surface area contributed by atoms with Crippen LogP contribution in [0.1, 0.15) is 45.4 Å². The van der Waals surface area contributed by atoms with E-state index in [1.165, 1.54) is 0 Å². The van der Waals surface area contributed by atoms with Crippen LogP contribution in [-0.4, -0.2) is 17.7 Å². The van der Waals surface area contributed by atoms with Crippen LogP contribution in [0, 0.1) is 13.8 Å². The van der Waals surface area contributed by atoms with E-state index in [9.17, 15) is 4.79 Å². The zero-order chi connectivity index (χ0) is 20.6. The first-order valence-electron chi connectivity index (χ1n) is 9.65. The zero-order valence-corrected chi connectivity index (χ0v) is 17.0. The van der Waals surface area contributed by atoms with E-state index < -0.39 is 0 Å². The summed E-state index contributed by atoms with van der Waals surface area (Å²) in [6.07, 6.45) is 0. The van der Waals surface area contributed by atoms with Crippen molar-refractivity contribution in [2.75, 3.05) is 6.61 Å². The fourth-order valence-corrected chi connectivity index (χ4v) is 2.82. The molecule has 0 saturated heterocycles. The van der Waals surface area contributed by atoms with Crippen LogP contribution in [0.15, 0.2) is 53.1 Å². The van der Waals surface area contributed by atoms with E-state index in [1.807, 2.05) is 45.0 Å². The maximum absolute atomic E-state index is 12.4. The van der Waals surface area contributed by atoms with E-state index in [0.29, 0.717) is 37.7 Å². The normalized spacial score (nSPS) is 10.7. The number of nitrogens with zero attached hydrogens (tertiary/aromatic N) is 1. The number of benzene rings is 2. The third-order valence-corrected chi connectivity index (χ3v) is 4.63. The summed E-state index contributed by atoms with van der Waals surface area (Å²) in [7, 11) is 0. The predicted molar refractivity (Wildman–Crippen MR) is 110 cm³/mol. The molecule has 0 unspecified atom stereocenters. The van der Waals surface area contributed by atoms with Gasteiger partial charge in [0.1, 0.15) is 18.1 Å². The molecule has 2 aromatic carbocycles. The standard InChI is InChI=1S/C23H26N2O4/c1-4-27-14-19-7-5-18(6-8-19)13-24-23(26)20-9-11-21(12-10-20)28-15-22-16(2)25-29-17(22)3/h5-12H,4,13-15H2,1-3H3,(H,24,26). The van der Waals surface area contributed by atoms with E-state index >= 15 is 0 Å². The van der Waals surface area contributed by atoms with Gasteiger partial charge in [0.25, 0.3) is 5.91 Å². The monoisotopic (exact) mass is 394 g/mol. The van der Waals surface area contributed by atoms with Crippen molar-refractivity contribution in [3.8, 4) is 5.75 Å². The molecule has 0 fully saturated rings. The second-order valence-electron chi connectivity index (χ2n) is 6.75. The number of hydrogen-bond acceptors (Lipinski definition) is 5. The predicted octanol–water partition coefficient (Wildman–Crippen LogP) is 4.34. The van der Waals surface area contributed by atoms with Gasteiger partial charge in [-0.15, -0.1) is 0 Å². The molecule has 1 heterocycles. The Morgan fingerprint density at radius 3 is 2.31 bits per heavy atom. The van der Waals surface area contributed by atoms with E-state index in [-0.39, 0.29) is 5.91 Å². The Morgan fingerprint density at radius 1 is 1.00 bits per heavy atom. The number of ether oxygens (including phenoxy) is 2. The summed E-state index contributed by atoms with van der Waals surface area (Å²) in [6.45, 7) is 7.87. The number of hydrogen-bond donors (Lipinski definition) is 1. The van der Waals surface area contributed by atoms with Crippen molar-refractivity contribution in [2.45, 2.75) is 40.5 Å². The molecule has 6 heteroatoms. The minimum Gasteiger partial charge on any atom is -0.489 e. The van der Waals surface area contributed by atoms with E-state index in [4.69, 9.17) is 14.0 Å². The van der Waals surface area contributed by atoms with Gasteiger partial charge in [-0.1, -0.05) is 29.4 Å². The maximum Gasteiger partial charge on any atom is 0.251 e. The molecule has 0 radical (unpaired) electrons. The molecule has 1 aromatic heterocycles. The molecule has 152 valence electrons. The number of rotatable bonds is 9. The highest BCUT2D eigenvalue weighted by molar-refractivity contribution is 5.94. The maximum atomic E-state index is 12.4. The Bertz CT molecular complexity index is 911. The molecule has 0 bridgehead atoms. The average Bonchev–Trinajstić information content (AvgIpc) is 3.07. The third-order valence-electron chi connectivity index (χ3n) is 4.63. The molecule has 1 N–H and O–H groups in total. The van der Waals surface area contributed by atoms with Crippen molar-refractivity contribution in [3.63, 3.8) is 0 Å². The molecule has 0 saturated carbocycles. The highest BCUT2D eigenvalue weighted by atomic mass is 16.5. The minimum atomic E-state index is -0.124. The molecule has 3 rings (SSSR count). The molecule has 0 spiro atoms. The molecule has 6 nitrogen and oxygen atoms in total. The fourth-order valence-electron chi connectivity index (χ4n) is 2.82. The van der Waals surface area contributed by atoms with Gasteiger partial charge in [-0.05, 0) is 56.2 Å². The van der Waals surface area contributed by atoms with Crippen molar-refractivity contribution in [3.05, 3.63) is 82.2 Å². The number of carbonyl (C=O) groups is 1. The molecule has 0 aliphatic rings. The van der Waals surface area contributed by atoms with Crippen LogP contribution >= 0.6 is 0 Å². The SMILES string of the molecule is CCOCc1ccc(CNC(=O)c2ccc(OCc3c(C)noc3C)cc2)cc1. The Hall–Kier alpha value is -3.12. The second-order valence-corrected chi connectivity index (χ2v) is 6.75. The van der Waals surface area contributed by atoms with Gasteiger partial charge in [-0.25, -0.2) is 0 Å². The van der Waals surface area contributed by atoms with Crippen LogP contribution in [0.5, 0.6) is 5.75 Å².